The van der Waals surface area contributed by atoms with Gasteiger partial charge in [0.2, 0.25) is 0 Å². The van der Waals surface area contributed by atoms with E-state index in [0.29, 0.717) is 48.2 Å². The van der Waals surface area contributed by atoms with Crippen molar-refractivity contribution in [2.24, 2.45) is 11.7 Å². The van der Waals surface area contributed by atoms with Crippen LogP contribution in [0.2, 0.25) is 0 Å². The van der Waals surface area contributed by atoms with E-state index >= 15 is 0 Å². The number of pyridine rings is 1. The maximum atomic E-state index is 12.6. The van der Waals surface area contributed by atoms with Crippen molar-refractivity contribution >= 4 is 5.91 Å². The summed E-state index contributed by atoms with van der Waals surface area (Å²) in [6.07, 6.45) is 6.13. The molecule has 0 aliphatic carbocycles. The summed E-state index contributed by atoms with van der Waals surface area (Å²) in [4.78, 5) is 18.8. The number of amides is 1. The lowest BCUT2D eigenvalue weighted by atomic mass is 9.96. The number of piperidine rings is 1. The van der Waals surface area contributed by atoms with Crippen molar-refractivity contribution in [2.45, 2.75) is 26.2 Å². The molecule has 7 nitrogen and oxygen atoms in total. The van der Waals surface area contributed by atoms with Gasteiger partial charge in [-0.2, -0.15) is 0 Å². The van der Waals surface area contributed by atoms with Crippen molar-refractivity contribution in [3.63, 3.8) is 0 Å². The third-order valence-corrected chi connectivity index (χ3v) is 5.54. The number of phenols is 1. The molecule has 1 fully saturated rings. The number of phenolic OH excluding ortho intramolecular Hbond substituents is 1. The van der Waals surface area contributed by atoms with E-state index in [4.69, 9.17) is 10.5 Å². The largest absolute Gasteiger partial charge is 0.508 e. The van der Waals surface area contributed by atoms with Crippen LogP contribution in [0.15, 0.2) is 49.1 Å². The number of rotatable bonds is 8. The molecule has 0 radical (unpaired) electrons. The van der Waals surface area contributed by atoms with Crippen LogP contribution >= 0.6 is 0 Å². The molecular weight excluding hydrogens is 380 g/mol. The summed E-state index contributed by atoms with van der Waals surface area (Å²) in [5.74, 6) is 1.35. The fraction of sp³-hybridized carbons (Fsp3) is 0.391. The first-order valence-corrected chi connectivity index (χ1v) is 10.3. The molecule has 4 N–H and O–H groups in total. The Bertz CT molecular complexity index is 878. The predicted molar refractivity (Wildman–Crippen MR) is 116 cm³/mol. The van der Waals surface area contributed by atoms with Crippen LogP contribution in [0, 0.1) is 12.8 Å². The number of aromatic nitrogens is 1. The van der Waals surface area contributed by atoms with Crippen LogP contribution in [0.25, 0.3) is 0 Å². The van der Waals surface area contributed by atoms with Crippen LogP contribution in [-0.2, 0) is 6.42 Å². The minimum Gasteiger partial charge on any atom is -0.508 e. The van der Waals surface area contributed by atoms with Crippen LogP contribution in [-0.4, -0.2) is 47.1 Å². The lowest BCUT2D eigenvalue weighted by molar-refractivity contribution is 0.0938. The summed E-state index contributed by atoms with van der Waals surface area (Å²) in [7, 11) is 0. The van der Waals surface area contributed by atoms with Crippen molar-refractivity contribution in [1.29, 1.82) is 0 Å². The van der Waals surface area contributed by atoms with Gasteiger partial charge in [-0.25, -0.2) is 0 Å². The molecule has 0 spiro atoms. The average Bonchev–Trinajstić information content (AvgIpc) is 2.75. The van der Waals surface area contributed by atoms with E-state index in [2.05, 4.69) is 21.8 Å². The summed E-state index contributed by atoms with van der Waals surface area (Å²) in [5.41, 5.74) is 7.82. The van der Waals surface area contributed by atoms with Crippen molar-refractivity contribution in [1.82, 2.24) is 15.2 Å². The van der Waals surface area contributed by atoms with Gasteiger partial charge >= 0.3 is 0 Å². The average molecular weight is 411 g/mol. The molecule has 1 aliphatic rings. The molecule has 0 bridgehead atoms. The molecule has 1 aliphatic heterocycles. The Morgan fingerprint density at radius 3 is 2.83 bits per heavy atom. The van der Waals surface area contributed by atoms with Gasteiger partial charge in [-0.3, -0.25) is 9.78 Å². The second kappa shape index (κ2) is 10.0. The number of ether oxygens (including phenoxy) is 1. The lowest BCUT2D eigenvalue weighted by Gasteiger charge is -2.33. The molecule has 3 rings (SSSR count). The zero-order valence-corrected chi connectivity index (χ0v) is 17.4. The van der Waals surface area contributed by atoms with E-state index in [0.717, 1.165) is 31.5 Å². The first-order chi connectivity index (χ1) is 14.4. The molecule has 0 unspecified atom stereocenters. The Labute approximate surface area is 177 Å². The summed E-state index contributed by atoms with van der Waals surface area (Å²) < 4.78 is 5.85. The third-order valence-electron chi connectivity index (χ3n) is 5.54. The van der Waals surface area contributed by atoms with Crippen molar-refractivity contribution < 1.29 is 14.6 Å². The number of aromatic hydroxyl groups is 1. The molecule has 2 heterocycles. The highest BCUT2D eigenvalue weighted by atomic mass is 16.5. The molecular formula is C23H30N4O3. The van der Waals surface area contributed by atoms with E-state index < -0.39 is 0 Å². The second-order valence-electron chi connectivity index (χ2n) is 7.71. The van der Waals surface area contributed by atoms with Crippen molar-refractivity contribution in [3.8, 4) is 11.5 Å². The molecule has 1 aromatic carbocycles. The van der Waals surface area contributed by atoms with Crippen LogP contribution in [0.1, 0.15) is 34.3 Å². The Balaban J connectivity index is 1.54. The van der Waals surface area contributed by atoms with Gasteiger partial charge in [0.05, 0.1) is 12.4 Å². The van der Waals surface area contributed by atoms with E-state index in [1.807, 2.05) is 12.1 Å². The van der Waals surface area contributed by atoms with Gasteiger partial charge in [0.1, 0.15) is 11.5 Å². The van der Waals surface area contributed by atoms with E-state index in [9.17, 15) is 9.90 Å². The number of nitrogens with two attached hydrogens (primary N) is 1. The molecule has 0 saturated carbocycles. The lowest BCUT2D eigenvalue weighted by Crippen LogP contribution is -2.39. The highest BCUT2D eigenvalue weighted by molar-refractivity contribution is 5.95. The molecule has 160 valence electrons. The number of nitrogens with zero attached hydrogens (tertiary/aromatic N) is 2. The number of nitrogens with one attached hydrogen (secondary N) is 1. The van der Waals surface area contributed by atoms with Gasteiger partial charge in [0.25, 0.3) is 5.91 Å². The quantitative estimate of drug-likeness (QED) is 0.618. The number of benzene rings is 1. The SMILES string of the molecule is C=C(N)N1CCC(CNC(=O)c2cc(O)c(C)c(OCCc3cccnc3)c2)CC1. The summed E-state index contributed by atoms with van der Waals surface area (Å²) >= 11 is 0. The van der Waals surface area contributed by atoms with Gasteiger partial charge in [0.15, 0.2) is 0 Å². The van der Waals surface area contributed by atoms with E-state index in [1.165, 1.54) is 6.07 Å². The predicted octanol–water partition coefficient (Wildman–Crippen LogP) is 2.59. The fourth-order valence-electron chi connectivity index (χ4n) is 3.54. The molecule has 1 aromatic heterocycles. The monoisotopic (exact) mass is 410 g/mol. The highest BCUT2D eigenvalue weighted by Crippen LogP contribution is 2.29. The number of likely N-dealkylation sites (tertiary alicyclic amines) is 1. The van der Waals surface area contributed by atoms with Crippen molar-refractivity contribution in [3.05, 3.63) is 65.7 Å². The van der Waals surface area contributed by atoms with E-state index in [-0.39, 0.29) is 11.7 Å². The van der Waals surface area contributed by atoms with Crippen molar-refractivity contribution in [2.75, 3.05) is 26.2 Å². The number of carbonyl (C=O) groups excluding carboxylic acids is 1. The molecule has 2 aromatic rings. The summed E-state index contributed by atoms with van der Waals surface area (Å²) in [6.45, 7) is 8.29. The number of hydrogen-bond donors (Lipinski definition) is 3. The first-order valence-electron chi connectivity index (χ1n) is 10.3. The number of hydrogen-bond acceptors (Lipinski definition) is 6. The second-order valence-corrected chi connectivity index (χ2v) is 7.71. The Kier molecular flexibility index (Phi) is 7.17. The zero-order valence-electron chi connectivity index (χ0n) is 17.4. The summed E-state index contributed by atoms with van der Waals surface area (Å²) in [5, 5.41) is 13.2. The highest BCUT2D eigenvalue weighted by Gasteiger charge is 2.20. The Morgan fingerprint density at radius 2 is 2.17 bits per heavy atom. The number of carbonyl (C=O) groups is 1. The molecule has 7 heteroatoms. The van der Waals surface area contributed by atoms with Gasteiger partial charge in [-0.05, 0) is 49.4 Å². The van der Waals surface area contributed by atoms with Gasteiger partial charge in [0, 0.05) is 49.6 Å². The first kappa shape index (κ1) is 21.5. The van der Waals surface area contributed by atoms with E-state index in [1.54, 1.807) is 25.4 Å². The molecule has 1 amide bonds. The van der Waals surface area contributed by atoms with Gasteiger partial charge in [-0.1, -0.05) is 12.6 Å². The smallest absolute Gasteiger partial charge is 0.251 e. The standard InChI is InChI=1S/C23H30N4O3/c1-16-21(28)12-20(13-22(16)30-11-7-18-4-3-8-25-14-18)23(29)26-15-19-5-9-27(10-6-19)17(2)24/h3-4,8,12-14,19,28H,2,5-7,9-11,15,24H2,1H3,(H,26,29). The molecule has 0 atom stereocenters. The fourth-order valence-corrected chi connectivity index (χ4v) is 3.54. The van der Waals surface area contributed by atoms with Crippen LogP contribution in [0.5, 0.6) is 11.5 Å². The maximum absolute atomic E-state index is 12.6. The zero-order chi connectivity index (χ0) is 21.5. The van der Waals surface area contributed by atoms with Gasteiger partial charge in [-0.15, -0.1) is 0 Å². The Morgan fingerprint density at radius 1 is 1.40 bits per heavy atom. The molecule has 30 heavy (non-hydrogen) atoms. The Hall–Kier alpha value is -3.22. The van der Waals surface area contributed by atoms with Crippen LogP contribution in [0.3, 0.4) is 0 Å². The van der Waals surface area contributed by atoms with Gasteiger partial charge < -0.3 is 25.8 Å². The van der Waals surface area contributed by atoms with Crippen LogP contribution < -0.4 is 15.8 Å². The third kappa shape index (κ3) is 5.65. The topological polar surface area (TPSA) is 101 Å². The minimum atomic E-state index is -0.215. The molecule has 1 saturated heterocycles. The van der Waals surface area contributed by atoms with Crippen LogP contribution in [0.4, 0.5) is 0 Å². The summed E-state index contributed by atoms with van der Waals surface area (Å²) in [6, 6.07) is 7.04. The minimum absolute atomic E-state index is 0.0498. The maximum Gasteiger partial charge on any atom is 0.251 e. The normalized spacial score (nSPS) is 14.4.